The van der Waals surface area contributed by atoms with E-state index in [2.05, 4.69) is 0 Å². The van der Waals surface area contributed by atoms with Crippen molar-refractivity contribution in [2.45, 2.75) is 13.0 Å². The number of nitrogen functional groups attached to an aromatic ring is 1. The fraction of sp³-hybridized carbons (Fsp3) is 0.273. The number of carbonyl (C=O) groups excluding carboxylic acids is 2. The number of likely N-dealkylation sites (N-methyl/N-ethyl adjacent to an activating group) is 1. The van der Waals surface area contributed by atoms with Gasteiger partial charge >= 0.3 is 5.97 Å². The first kappa shape index (κ1) is 20.3. The molecule has 29 heavy (non-hydrogen) atoms. The number of nitrogens with two attached hydrogens (primary N) is 1. The molecule has 0 bridgehead atoms. The molecule has 0 aliphatic carbocycles. The van der Waals surface area contributed by atoms with Crippen LogP contribution in [0.4, 0.5) is 5.69 Å². The summed E-state index contributed by atoms with van der Waals surface area (Å²) < 4.78 is 12.2. The molecule has 3 rings (SSSR count). The molecule has 0 aliphatic heterocycles. The number of nitrogens with zero attached hydrogens (tertiary/aromatic N) is 2. The number of hydrogen-bond donors (Lipinski definition) is 1. The maximum atomic E-state index is 12.2. The van der Waals surface area contributed by atoms with Crippen LogP contribution in [0.5, 0.6) is 5.75 Å². The third kappa shape index (κ3) is 4.18. The first-order chi connectivity index (χ1) is 13.8. The second kappa shape index (κ2) is 8.26. The zero-order valence-electron chi connectivity index (χ0n) is 17.1. The lowest BCUT2D eigenvalue weighted by Crippen LogP contribution is -2.25. The molecule has 7 nitrogen and oxygen atoms in total. The summed E-state index contributed by atoms with van der Waals surface area (Å²) in [6.07, 6.45) is 2.53. The van der Waals surface area contributed by atoms with Crippen LogP contribution in [0.3, 0.4) is 0 Å². The van der Waals surface area contributed by atoms with E-state index in [1.54, 1.807) is 38.2 Å². The largest absolute Gasteiger partial charge is 0.496 e. The molecule has 1 amide bonds. The summed E-state index contributed by atoms with van der Waals surface area (Å²) in [6, 6.07) is 10.9. The van der Waals surface area contributed by atoms with Gasteiger partial charge in [0.1, 0.15) is 12.3 Å². The van der Waals surface area contributed by atoms with Crippen LogP contribution >= 0.6 is 0 Å². The van der Waals surface area contributed by atoms with Crippen molar-refractivity contribution >= 4 is 28.5 Å². The van der Waals surface area contributed by atoms with E-state index in [1.807, 2.05) is 35.0 Å². The third-order valence-electron chi connectivity index (χ3n) is 4.88. The number of benzene rings is 2. The molecule has 0 saturated carbocycles. The Morgan fingerprint density at radius 1 is 1.07 bits per heavy atom. The van der Waals surface area contributed by atoms with Crippen molar-refractivity contribution in [3.63, 3.8) is 0 Å². The van der Waals surface area contributed by atoms with Crippen LogP contribution < -0.4 is 10.5 Å². The number of aromatic nitrogens is 1. The van der Waals surface area contributed by atoms with Gasteiger partial charge in [0.2, 0.25) is 5.91 Å². The van der Waals surface area contributed by atoms with Crippen molar-refractivity contribution < 1.29 is 19.1 Å². The fourth-order valence-corrected chi connectivity index (χ4v) is 3.29. The average molecular weight is 395 g/mol. The Labute approximate surface area is 169 Å². The minimum absolute atomic E-state index is 0.00489. The summed E-state index contributed by atoms with van der Waals surface area (Å²) in [5, 5.41) is 0.982. The first-order valence-corrected chi connectivity index (χ1v) is 9.16. The minimum atomic E-state index is -0.415. The van der Waals surface area contributed by atoms with Gasteiger partial charge in [0.15, 0.2) is 0 Å². The summed E-state index contributed by atoms with van der Waals surface area (Å²) in [5.74, 6) is 0.189. The molecular weight excluding hydrogens is 370 g/mol. The van der Waals surface area contributed by atoms with Crippen LogP contribution in [0.15, 0.2) is 42.6 Å². The molecule has 3 aromatic rings. The molecule has 0 aliphatic rings. The Kier molecular flexibility index (Phi) is 5.77. The van der Waals surface area contributed by atoms with Gasteiger partial charge in [0.05, 0.1) is 19.8 Å². The molecule has 1 aromatic heterocycles. The average Bonchev–Trinajstić information content (AvgIpc) is 3.03. The predicted octanol–water partition coefficient (Wildman–Crippen LogP) is 2.70. The lowest BCUT2D eigenvalue weighted by Gasteiger charge is -2.11. The Balaban J connectivity index is 2.03. The van der Waals surface area contributed by atoms with E-state index in [0.29, 0.717) is 23.4 Å². The number of anilines is 1. The maximum absolute atomic E-state index is 12.2. The second-order valence-corrected chi connectivity index (χ2v) is 7.04. The minimum Gasteiger partial charge on any atom is -0.496 e. The van der Waals surface area contributed by atoms with E-state index < -0.39 is 5.97 Å². The number of amides is 1. The van der Waals surface area contributed by atoms with E-state index in [9.17, 15) is 9.59 Å². The number of fused-ring (bicyclic) bond motifs is 1. The van der Waals surface area contributed by atoms with Crippen LogP contribution in [0.1, 0.15) is 21.5 Å². The fourth-order valence-electron chi connectivity index (χ4n) is 3.29. The highest BCUT2D eigenvalue weighted by atomic mass is 16.5. The molecule has 0 atom stereocenters. The Morgan fingerprint density at radius 2 is 1.83 bits per heavy atom. The SMILES string of the molecule is COC(=O)c1ccc(Cc2cn(CC(=O)N(C)C)c3ccc(N)cc23)c(OC)c1. The number of carbonyl (C=O) groups is 2. The number of esters is 1. The smallest absolute Gasteiger partial charge is 0.337 e. The van der Waals surface area contributed by atoms with Crippen molar-refractivity contribution in [1.29, 1.82) is 0 Å². The lowest BCUT2D eigenvalue weighted by atomic mass is 10.0. The van der Waals surface area contributed by atoms with Crippen molar-refractivity contribution in [2.75, 3.05) is 34.0 Å². The van der Waals surface area contributed by atoms with Gasteiger partial charge in [-0.15, -0.1) is 0 Å². The van der Waals surface area contributed by atoms with Gasteiger partial charge in [-0.1, -0.05) is 6.07 Å². The number of hydrogen-bond acceptors (Lipinski definition) is 5. The van der Waals surface area contributed by atoms with Gasteiger partial charge in [-0.05, 0) is 41.5 Å². The highest BCUT2D eigenvalue weighted by Gasteiger charge is 2.16. The van der Waals surface area contributed by atoms with Crippen LogP contribution in [-0.2, 0) is 22.5 Å². The molecule has 2 aromatic carbocycles. The van der Waals surface area contributed by atoms with Gasteiger partial charge in [-0.3, -0.25) is 4.79 Å². The van der Waals surface area contributed by atoms with E-state index in [0.717, 1.165) is 22.0 Å². The van der Waals surface area contributed by atoms with Crippen molar-refractivity contribution in [1.82, 2.24) is 9.47 Å². The first-order valence-electron chi connectivity index (χ1n) is 9.16. The van der Waals surface area contributed by atoms with E-state index in [1.165, 1.54) is 7.11 Å². The Hall–Kier alpha value is -3.48. The standard InChI is InChI=1S/C22H25N3O4/c1-24(2)21(26)13-25-12-16(18-11-17(23)7-8-19(18)25)9-14-5-6-15(22(27)29-4)10-20(14)28-3/h5-8,10-12H,9,13,23H2,1-4H3. The third-order valence-corrected chi connectivity index (χ3v) is 4.88. The summed E-state index contributed by atoms with van der Waals surface area (Å²) in [6.45, 7) is 0.242. The Bertz CT molecular complexity index is 1070. The highest BCUT2D eigenvalue weighted by Crippen LogP contribution is 2.29. The predicted molar refractivity (Wildman–Crippen MR) is 112 cm³/mol. The molecule has 7 heteroatoms. The summed E-state index contributed by atoms with van der Waals surface area (Å²) >= 11 is 0. The van der Waals surface area contributed by atoms with Crippen molar-refractivity contribution in [3.05, 3.63) is 59.3 Å². The van der Waals surface area contributed by atoms with Crippen LogP contribution in [0, 0.1) is 0 Å². The highest BCUT2D eigenvalue weighted by molar-refractivity contribution is 5.90. The van der Waals surface area contributed by atoms with Gasteiger partial charge in [-0.25, -0.2) is 4.79 Å². The van der Waals surface area contributed by atoms with Gasteiger partial charge in [0, 0.05) is 43.3 Å². The molecule has 152 valence electrons. The van der Waals surface area contributed by atoms with E-state index >= 15 is 0 Å². The number of ether oxygens (including phenoxy) is 2. The molecule has 0 unspecified atom stereocenters. The quantitative estimate of drug-likeness (QED) is 0.512. The molecule has 0 radical (unpaired) electrons. The topological polar surface area (TPSA) is 86.8 Å². The Morgan fingerprint density at radius 3 is 2.48 bits per heavy atom. The normalized spacial score (nSPS) is 10.8. The lowest BCUT2D eigenvalue weighted by molar-refractivity contribution is -0.129. The monoisotopic (exact) mass is 395 g/mol. The van der Waals surface area contributed by atoms with E-state index in [4.69, 9.17) is 15.2 Å². The molecule has 0 fully saturated rings. The van der Waals surface area contributed by atoms with Crippen molar-refractivity contribution in [3.8, 4) is 5.75 Å². The number of rotatable bonds is 6. The zero-order valence-corrected chi connectivity index (χ0v) is 17.1. The van der Waals surface area contributed by atoms with Gasteiger partial charge < -0.3 is 24.7 Å². The van der Waals surface area contributed by atoms with Crippen LogP contribution in [-0.4, -0.2) is 49.7 Å². The summed E-state index contributed by atoms with van der Waals surface area (Å²) in [7, 11) is 6.38. The van der Waals surface area contributed by atoms with E-state index in [-0.39, 0.29) is 12.5 Å². The van der Waals surface area contributed by atoms with Gasteiger partial charge in [-0.2, -0.15) is 0 Å². The molecule has 2 N–H and O–H groups in total. The second-order valence-electron chi connectivity index (χ2n) is 7.04. The maximum Gasteiger partial charge on any atom is 0.337 e. The van der Waals surface area contributed by atoms with Crippen LogP contribution in [0.2, 0.25) is 0 Å². The van der Waals surface area contributed by atoms with Crippen molar-refractivity contribution in [2.24, 2.45) is 0 Å². The molecule has 0 spiro atoms. The summed E-state index contributed by atoms with van der Waals surface area (Å²) in [4.78, 5) is 25.6. The van der Waals surface area contributed by atoms with Crippen LogP contribution in [0.25, 0.3) is 10.9 Å². The number of methoxy groups -OCH3 is 2. The van der Waals surface area contributed by atoms with Gasteiger partial charge in [0.25, 0.3) is 0 Å². The molecule has 0 saturated heterocycles. The zero-order chi connectivity index (χ0) is 21.1. The molecule has 1 heterocycles. The summed E-state index contributed by atoms with van der Waals surface area (Å²) in [5.41, 5.74) is 9.97. The molecular formula is C22H25N3O4.